The van der Waals surface area contributed by atoms with Gasteiger partial charge in [-0.25, -0.2) is 0 Å². The Morgan fingerprint density at radius 2 is 2.10 bits per heavy atom. The lowest BCUT2D eigenvalue weighted by Crippen LogP contribution is -2.33. The molecular formula is C14H15ClN2O3. The highest BCUT2D eigenvalue weighted by atomic mass is 35.5. The number of nitrogens with zero attached hydrogens (tertiary/aromatic N) is 1. The van der Waals surface area contributed by atoms with E-state index in [0.29, 0.717) is 17.3 Å². The molecule has 0 unspecified atom stereocenters. The fourth-order valence-electron chi connectivity index (χ4n) is 2.02. The zero-order valence-electron chi connectivity index (χ0n) is 11.0. The molecule has 20 heavy (non-hydrogen) atoms. The highest BCUT2D eigenvalue weighted by molar-refractivity contribution is 6.31. The van der Waals surface area contributed by atoms with Gasteiger partial charge < -0.3 is 15.0 Å². The Bertz CT molecular complexity index is 651. The molecule has 1 aromatic carbocycles. The number of amides is 1. The quantitative estimate of drug-likeness (QED) is 0.890. The van der Waals surface area contributed by atoms with Gasteiger partial charge >= 0.3 is 5.97 Å². The first-order valence-corrected chi connectivity index (χ1v) is 6.68. The van der Waals surface area contributed by atoms with E-state index < -0.39 is 5.97 Å². The van der Waals surface area contributed by atoms with Gasteiger partial charge in [-0.05, 0) is 25.1 Å². The molecule has 0 aliphatic rings. The lowest BCUT2D eigenvalue weighted by atomic mass is 10.2. The number of rotatable bonds is 5. The molecule has 2 N–H and O–H groups in total. The van der Waals surface area contributed by atoms with E-state index in [4.69, 9.17) is 16.7 Å². The number of hydrogen-bond donors (Lipinski definition) is 2. The summed E-state index contributed by atoms with van der Waals surface area (Å²) in [5.74, 6) is -1.12. The first-order chi connectivity index (χ1) is 9.51. The Morgan fingerprint density at radius 3 is 2.75 bits per heavy atom. The highest BCUT2D eigenvalue weighted by Crippen LogP contribution is 2.20. The van der Waals surface area contributed by atoms with Gasteiger partial charge in [0.05, 0.1) is 6.42 Å². The van der Waals surface area contributed by atoms with E-state index in [-0.39, 0.29) is 18.9 Å². The van der Waals surface area contributed by atoms with Crippen LogP contribution in [-0.2, 0) is 4.79 Å². The van der Waals surface area contributed by atoms with Crippen LogP contribution in [0.2, 0.25) is 5.02 Å². The van der Waals surface area contributed by atoms with Crippen molar-refractivity contribution in [2.75, 3.05) is 13.1 Å². The average molecular weight is 295 g/mol. The predicted molar refractivity (Wildman–Crippen MR) is 77.1 cm³/mol. The van der Waals surface area contributed by atoms with Crippen molar-refractivity contribution in [1.82, 2.24) is 9.88 Å². The van der Waals surface area contributed by atoms with Crippen LogP contribution in [0, 0.1) is 0 Å². The summed E-state index contributed by atoms with van der Waals surface area (Å²) in [6.07, 6.45) is -0.0639. The highest BCUT2D eigenvalue weighted by Gasteiger charge is 2.17. The third-order valence-electron chi connectivity index (χ3n) is 3.08. The monoisotopic (exact) mass is 294 g/mol. The number of carbonyl (C=O) groups excluding carboxylic acids is 1. The number of carbonyl (C=O) groups is 2. The van der Waals surface area contributed by atoms with Crippen molar-refractivity contribution in [2.45, 2.75) is 13.3 Å². The SMILES string of the molecule is CCN(CCC(=O)O)C(=O)c1cc2ccc(Cl)cc2[nH]1. The number of halogens is 1. The van der Waals surface area contributed by atoms with Crippen LogP contribution in [0.5, 0.6) is 0 Å². The maximum Gasteiger partial charge on any atom is 0.305 e. The third kappa shape index (κ3) is 3.11. The fourth-order valence-corrected chi connectivity index (χ4v) is 2.19. The normalized spacial score (nSPS) is 10.7. The van der Waals surface area contributed by atoms with Gasteiger partial charge in [0.25, 0.3) is 5.91 Å². The van der Waals surface area contributed by atoms with Crippen LogP contribution in [-0.4, -0.2) is 40.0 Å². The minimum atomic E-state index is -0.917. The summed E-state index contributed by atoms with van der Waals surface area (Å²) >= 11 is 5.90. The summed E-state index contributed by atoms with van der Waals surface area (Å²) in [4.78, 5) is 27.4. The molecule has 0 aliphatic carbocycles. The zero-order chi connectivity index (χ0) is 14.7. The van der Waals surface area contributed by atoms with Gasteiger partial charge in [-0.1, -0.05) is 17.7 Å². The van der Waals surface area contributed by atoms with Crippen molar-refractivity contribution in [3.05, 3.63) is 35.0 Å². The van der Waals surface area contributed by atoms with Gasteiger partial charge in [-0.2, -0.15) is 0 Å². The van der Waals surface area contributed by atoms with Crippen molar-refractivity contribution in [3.63, 3.8) is 0 Å². The number of H-pyrrole nitrogens is 1. The molecule has 6 heteroatoms. The number of carboxylic acids is 1. The lowest BCUT2D eigenvalue weighted by molar-refractivity contribution is -0.137. The largest absolute Gasteiger partial charge is 0.481 e. The summed E-state index contributed by atoms with van der Waals surface area (Å²) in [5, 5.41) is 10.2. The van der Waals surface area contributed by atoms with E-state index in [1.807, 2.05) is 13.0 Å². The molecule has 0 spiro atoms. The molecule has 2 rings (SSSR count). The predicted octanol–water partition coefficient (Wildman–Crippen LogP) is 2.76. The minimum Gasteiger partial charge on any atom is -0.481 e. The Labute approximate surface area is 121 Å². The van der Waals surface area contributed by atoms with E-state index >= 15 is 0 Å². The van der Waals surface area contributed by atoms with Crippen LogP contribution >= 0.6 is 11.6 Å². The molecule has 0 saturated carbocycles. The second kappa shape index (κ2) is 5.96. The molecular weight excluding hydrogens is 280 g/mol. The number of benzene rings is 1. The standard InChI is InChI=1S/C14H15ClN2O3/c1-2-17(6-5-13(18)19)14(20)12-7-9-3-4-10(15)8-11(9)16-12/h3-4,7-8,16H,2,5-6H2,1H3,(H,18,19). The molecule has 106 valence electrons. The summed E-state index contributed by atoms with van der Waals surface area (Å²) in [6.45, 7) is 2.47. The zero-order valence-corrected chi connectivity index (χ0v) is 11.8. The molecule has 0 saturated heterocycles. The van der Waals surface area contributed by atoms with Crippen LogP contribution in [0.15, 0.2) is 24.3 Å². The van der Waals surface area contributed by atoms with E-state index in [9.17, 15) is 9.59 Å². The Morgan fingerprint density at radius 1 is 1.35 bits per heavy atom. The van der Waals surface area contributed by atoms with Crippen molar-refractivity contribution in [1.29, 1.82) is 0 Å². The Kier molecular flexibility index (Phi) is 4.29. The molecule has 1 aromatic heterocycles. The smallest absolute Gasteiger partial charge is 0.305 e. The van der Waals surface area contributed by atoms with Crippen molar-refractivity contribution >= 4 is 34.4 Å². The first-order valence-electron chi connectivity index (χ1n) is 6.30. The number of fused-ring (bicyclic) bond motifs is 1. The van der Waals surface area contributed by atoms with E-state index in [0.717, 1.165) is 10.9 Å². The molecule has 0 fully saturated rings. The number of hydrogen-bond acceptors (Lipinski definition) is 2. The van der Waals surface area contributed by atoms with Gasteiger partial charge in [0.15, 0.2) is 0 Å². The summed E-state index contributed by atoms with van der Waals surface area (Å²) in [6, 6.07) is 7.09. The number of nitrogens with one attached hydrogen (secondary N) is 1. The van der Waals surface area contributed by atoms with Crippen LogP contribution < -0.4 is 0 Å². The maximum atomic E-state index is 12.3. The lowest BCUT2D eigenvalue weighted by Gasteiger charge is -2.18. The Hall–Kier alpha value is -2.01. The molecule has 0 atom stereocenters. The van der Waals surface area contributed by atoms with Crippen molar-refractivity contribution < 1.29 is 14.7 Å². The van der Waals surface area contributed by atoms with Gasteiger partial charge in [0, 0.05) is 29.0 Å². The number of aliphatic carboxylic acids is 1. The maximum absolute atomic E-state index is 12.3. The molecule has 0 bridgehead atoms. The van der Waals surface area contributed by atoms with Crippen LogP contribution in [0.4, 0.5) is 0 Å². The van der Waals surface area contributed by atoms with E-state index in [2.05, 4.69) is 4.98 Å². The van der Waals surface area contributed by atoms with E-state index in [1.165, 1.54) is 4.90 Å². The molecule has 0 aliphatic heterocycles. The molecule has 2 aromatic rings. The van der Waals surface area contributed by atoms with Gasteiger partial charge in [0.1, 0.15) is 5.69 Å². The topological polar surface area (TPSA) is 73.4 Å². The van der Waals surface area contributed by atoms with E-state index in [1.54, 1.807) is 18.2 Å². The minimum absolute atomic E-state index is 0.0639. The summed E-state index contributed by atoms with van der Waals surface area (Å²) in [5.41, 5.74) is 1.23. The van der Waals surface area contributed by atoms with Crippen molar-refractivity contribution in [3.8, 4) is 0 Å². The number of aromatic nitrogens is 1. The van der Waals surface area contributed by atoms with Crippen molar-refractivity contribution in [2.24, 2.45) is 0 Å². The summed E-state index contributed by atoms with van der Waals surface area (Å²) < 4.78 is 0. The third-order valence-corrected chi connectivity index (χ3v) is 3.31. The number of aromatic amines is 1. The molecule has 5 nitrogen and oxygen atoms in total. The average Bonchev–Trinajstić information content (AvgIpc) is 2.81. The molecule has 0 radical (unpaired) electrons. The van der Waals surface area contributed by atoms with Gasteiger partial charge in [0.2, 0.25) is 0 Å². The number of carboxylic acid groups (broad SMARTS) is 1. The van der Waals surface area contributed by atoms with Crippen LogP contribution in [0.1, 0.15) is 23.8 Å². The molecule has 1 heterocycles. The Balaban J connectivity index is 2.22. The second-order valence-corrected chi connectivity index (χ2v) is 4.88. The van der Waals surface area contributed by atoms with Crippen LogP contribution in [0.25, 0.3) is 10.9 Å². The fraction of sp³-hybridized carbons (Fsp3) is 0.286. The summed E-state index contributed by atoms with van der Waals surface area (Å²) in [7, 11) is 0. The van der Waals surface area contributed by atoms with Crippen LogP contribution in [0.3, 0.4) is 0 Å². The van der Waals surface area contributed by atoms with Gasteiger partial charge in [-0.3, -0.25) is 9.59 Å². The second-order valence-electron chi connectivity index (χ2n) is 4.44. The van der Waals surface area contributed by atoms with Gasteiger partial charge in [-0.15, -0.1) is 0 Å². The molecule has 1 amide bonds. The first kappa shape index (κ1) is 14.4.